The van der Waals surface area contributed by atoms with Gasteiger partial charge in [-0.3, -0.25) is 0 Å². The molecular formula is C20H32O2. The molecule has 0 spiro atoms. The van der Waals surface area contributed by atoms with Gasteiger partial charge in [0.05, 0.1) is 12.7 Å². The van der Waals surface area contributed by atoms with Crippen LogP contribution in [0.3, 0.4) is 0 Å². The molecule has 1 unspecified atom stereocenters. The van der Waals surface area contributed by atoms with Crippen molar-refractivity contribution < 1.29 is 10.2 Å². The molecule has 2 saturated carbocycles. The molecule has 2 fully saturated rings. The highest BCUT2D eigenvalue weighted by Gasteiger charge is 2.58. The predicted octanol–water partition coefficient (Wildman–Crippen LogP) is 4.08. The van der Waals surface area contributed by atoms with Crippen LogP contribution in [0.5, 0.6) is 0 Å². The lowest BCUT2D eigenvalue weighted by Gasteiger charge is -2.61. The third-order valence-electron chi connectivity index (χ3n) is 7.57. The van der Waals surface area contributed by atoms with Crippen LogP contribution in [0.4, 0.5) is 0 Å². The van der Waals surface area contributed by atoms with E-state index in [-0.39, 0.29) is 29.0 Å². The van der Waals surface area contributed by atoms with Crippen LogP contribution >= 0.6 is 0 Å². The second-order valence-electron chi connectivity index (χ2n) is 8.84. The molecule has 0 aromatic heterocycles. The Bertz CT molecular complexity index is 496. The fourth-order valence-electron chi connectivity index (χ4n) is 5.94. The van der Waals surface area contributed by atoms with Crippen molar-refractivity contribution in [2.75, 3.05) is 6.61 Å². The van der Waals surface area contributed by atoms with Gasteiger partial charge in [-0.2, -0.15) is 0 Å². The number of aliphatic hydroxyl groups excluding tert-OH is 2. The fourth-order valence-corrected chi connectivity index (χ4v) is 5.94. The molecule has 22 heavy (non-hydrogen) atoms. The van der Waals surface area contributed by atoms with E-state index >= 15 is 0 Å². The summed E-state index contributed by atoms with van der Waals surface area (Å²) in [6.07, 6.45) is 10.8. The summed E-state index contributed by atoms with van der Waals surface area (Å²) in [5.74, 6) is 1.04. The van der Waals surface area contributed by atoms with Crippen LogP contribution in [0.25, 0.3) is 0 Å². The van der Waals surface area contributed by atoms with Crippen molar-refractivity contribution in [1.82, 2.24) is 0 Å². The quantitative estimate of drug-likeness (QED) is 0.755. The monoisotopic (exact) mass is 304 g/mol. The number of allylic oxidation sites excluding steroid dienone is 3. The minimum Gasteiger partial charge on any atom is -0.396 e. The SMILES string of the molecule is C=C[C@]1(C)C=C2CC[C@H]3C(C)(CO)[C@@H](O)CC[C@]3(C)[C@H]2CC1. The van der Waals surface area contributed by atoms with Gasteiger partial charge in [-0.1, -0.05) is 38.5 Å². The molecule has 2 heteroatoms. The molecule has 0 heterocycles. The predicted molar refractivity (Wildman–Crippen MR) is 90.4 cm³/mol. The van der Waals surface area contributed by atoms with E-state index in [0.29, 0.717) is 11.8 Å². The maximum atomic E-state index is 10.5. The largest absolute Gasteiger partial charge is 0.396 e. The molecule has 0 aromatic carbocycles. The van der Waals surface area contributed by atoms with E-state index in [1.165, 1.54) is 12.8 Å². The molecule has 6 atom stereocenters. The van der Waals surface area contributed by atoms with Crippen LogP contribution in [-0.2, 0) is 0 Å². The van der Waals surface area contributed by atoms with E-state index in [2.05, 4.69) is 39.5 Å². The Morgan fingerprint density at radius 3 is 2.59 bits per heavy atom. The summed E-state index contributed by atoms with van der Waals surface area (Å²) in [4.78, 5) is 0. The first-order chi connectivity index (χ1) is 10.3. The summed E-state index contributed by atoms with van der Waals surface area (Å²) in [6, 6.07) is 0. The van der Waals surface area contributed by atoms with Gasteiger partial charge in [0.25, 0.3) is 0 Å². The van der Waals surface area contributed by atoms with Gasteiger partial charge in [0.2, 0.25) is 0 Å². The third kappa shape index (κ3) is 2.14. The Labute approximate surface area is 135 Å². The van der Waals surface area contributed by atoms with Crippen LogP contribution in [0.1, 0.15) is 59.3 Å². The Morgan fingerprint density at radius 2 is 1.95 bits per heavy atom. The number of rotatable bonds is 2. The molecule has 2 N–H and O–H groups in total. The smallest absolute Gasteiger partial charge is 0.0618 e. The van der Waals surface area contributed by atoms with E-state index in [9.17, 15) is 10.2 Å². The molecule has 3 aliphatic rings. The fraction of sp³-hybridized carbons (Fsp3) is 0.800. The van der Waals surface area contributed by atoms with Gasteiger partial charge in [-0.05, 0) is 55.8 Å². The maximum Gasteiger partial charge on any atom is 0.0618 e. The lowest BCUT2D eigenvalue weighted by Crippen LogP contribution is -2.58. The van der Waals surface area contributed by atoms with E-state index in [0.717, 1.165) is 25.7 Å². The number of fused-ring (bicyclic) bond motifs is 3. The molecule has 0 radical (unpaired) electrons. The van der Waals surface area contributed by atoms with Crippen molar-refractivity contribution in [3.8, 4) is 0 Å². The minimum atomic E-state index is -0.358. The number of hydrogen-bond acceptors (Lipinski definition) is 2. The Morgan fingerprint density at radius 1 is 1.23 bits per heavy atom. The van der Waals surface area contributed by atoms with Crippen molar-refractivity contribution in [2.24, 2.45) is 28.1 Å². The van der Waals surface area contributed by atoms with Gasteiger partial charge in [-0.25, -0.2) is 0 Å². The van der Waals surface area contributed by atoms with E-state index in [4.69, 9.17) is 0 Å². The zero-order valence-corrected chi connectivity index (χ0v) is 14.4. The second kappa shape index (κ2) is 5.21. The molecule has 3 aliphatic carbocycles. The summed E-state index contributed by atoms with van der Waals surface area (Å²) >= 11 is 0. The van der Waals surface area contributed by atoms with Gasteiger partial charge in [0.1, 0.15) is 0 Å². The molecule has 0 bridgehead atoms. The van der Waals surface area contributed by atoms with Gasteiger partial charge < -0.3 is 10.2 Å². The van der Waals surface area contributed by atoms with Gasteiger partial charge >= 0.3 is 0 Å². The van der Waals surface area contributed by atoms with Crippen molar-refractivity contribution >= 4 is 0 Å². The first-order valence-electron chi connectivity index (χ1n) is 8.93. The van der Waals surface area contributed by atoms with Crippen molar-refractivity contribution in [3.05, 3.63) is 24.3 Å². The van der Waals surface area contributed by atoms with Gasteiger partial charge in [0.15, 0.2) is 0 Å². The third-order valence-corrected chi connectivity index (χ3v) is 7.57. The standard InChI is InChI=1S/C20H32O2/c1-5-18(2)10-8-15-14(12-18)6-7-16-19(15,3)11-9-17(22)20(16,4)13-21/h5,12,15-17,21-22H,1,6-11,13H2,2-4H3/t15-,16+,17-,18-,19+,20?/m0/s1. The van der Waals surface area contributed by atoms with Crippen molar-refractivity contribution in [2.45, 2.75) is 65.4 Å². The first-order valence-corrected chi connectivity index (χ1v) is 8.93. The molecule has 0 saturated heterocycles. The lowest BCUT2D eigenvalue weighted by molar-refractivity contribution is -0.153. The Hall–Kier alpha value is -0.600. The summed E-state index contributed by atoms with van der Waals surface area (Å²) in [7, 11) is 0. The molecule has 3 rings (SSSR count). The van der Waals surface area contributed by atoms with Gasteiger partial charge in [-0.15, -0.1) is 6.58 Å². The molecular weight excluding hydrogens is 272 g/mol. The van der Waals surface area contributed by atoms with E-state index in [1.807, 2.05) is 0 Å². The summed E-state index contributed by atoms with van der Waals surface area (Å²) in [5, 5.41) is 20.5. The first kappa shape index (κ1) is 16.3. The average Bonchev–Trinajstić information content (AvgIpc) is 2.51. The van der Waals surface area contributed by atoms with Crippen LogP contribution in [0.2, 0.25) is 0 Å². The summed E-state index contributed by atoms with van der Waals surface area (Å²) in [5.41, 5.74) is 1.66. The normalized spacial score (nSPS) is 51.5. The molecule has 0 aromatic rings. The van der Waals surface area contributed by atoms with E-state index in [1.54, 1.807) is 5.57 Å². The number of aliphatic hydroxyl groups is 2. The Balaban J connectivity index is 1.98. The van der Waals surface area contributed by atoms with Crippen LogP contribution in [0.15, 0.2) is 24.3 Å². The molecule has 0 aliphatic heterocycles. The van der Waals surface area contributed by atoms with Crippen molar-refractivity contribution in [3.63, 3.8) is 0 Å². The van der Waals surface area contributed by atoms with Crippen LogP contribution in [-0.4, -0.2) is 22.9 Å². The highest BCUT2D eigenvalue weighted by Crippen LogP contribution is 2.63. The minimum absolute atomic E-state index is 0.102. The van der Waals surface area contributed by atoms with Crippen LogP contribution < -0.4 is 0 Å². The zero-order chi connectivity index (χ0) is 16.2. The topological polar surface area (TPSA) is 40.5 Å². The number of hydrogen-bond donors (Lipinski definition) is 2. The maximum absolute atomic E-state index is 10.5. The van der Waals surface area contributed by atoms with E-state index < -0.39 is 0 Å². The van der Waals surface area contributed by atoms with Crippen molar-refractivity contribution in [1.29, 1.82) is 0 Å². The molecule has 0 amide bonds. The zero-order valence-electron chi connectivity index (χ0n) is 14.4. The Kier molecular flexibility index (Phi) is 3.85. The second-order valence-corrected chi connectivity index (χ2v) is 8.84. The molecule has 124 valence electrons. The highest BCUT2D eigenvalue weighted by atomic mass is 16.3. The highest BCUT2D eigenvalue weighted by molar-refractivity contribution is 5.27. The van der Waals surface area contributed by atoms with Gasteiger partial charge in [0, 0.05) is 10.8 Å². The summed E-state index contributed by atoms with van der Waals surface area (Å²) < 4.78 is 0. The average molecular weight is 304 g/mol. The molecule has 2 nitrogen and oxygen atoms in total. The summed E-state index contributed by atoms with van der Waals surface area (Å²) in [6.45, 7) is 10.9. The van der Waals surface area contributed by atoms with Crippen LogP contribution in [0, 0.1) is 28.1 Å². The lowest BCUT2D eigenvalue weighted by atomic mass is 9.44.